The van der Waals surface area contributed by atoms with Gasteiger partial charge in [-0.05, 0) is 43.4 Å². The van der Waals surface area contributed by atoms with Crippen molar-refractivity contribution in [2.75, 3.05) is 5.32 Å². The van der Waals surface area contributed by atoms with Crippen molar-refractivity contribution in [1.82, 2.24) is 14.8 Å². The molecule has 0 fully saturated rings. The standard InChI is InChI=1S/C16H22N4/c1-3-8-20-16(17-11-18-20)10-13-5-7-15-14(9-13)6-4-12(2)19-15/h5,7,9,11-12,19H,3-4,6,8,10H2,1-2H3. The molecule has 1 unspecified atom stereocenters. The van der Waals surface area contributed by atoms with Crippen LogP contribution < -0.4 is 5.32 Å². The summed E-state index contributed by atoms with van der Waals surface area (Å²) in [5.41, 5.74) is 4.05. The summed E-state index contributed by atoms with van der Waals surface area (Å²) >= 11 is 0. The summed E-state index contributed by atoms with van der Waals surface area (Å²) in [6, 6.07) is 7.32. The number of rotatable bonds is 4. The maximum absolute atomic E-state index is 4.39. The normalized spacial score (nSPS) is 17.6. The number of hydrogen-bond donors (Lipinski definition) is 1. The van der Waals surface area contributed by atoms with Crippen molar-refractivity contribution in [1.29, 1.82) is 0 Å². The molecule has 3 rings (SSSR count). The monoisotopic (exact) mass is 270 g/mol. The first kappa shape index (κ1) is 13.2. The Kier molecular flexibility index (Phi) is 3.72. The third kappa shape index (κ3) is 2.69. The van der Waals surface area contributed by atoms with Crippen molar-refractivity contribution in [3.63, 3.8) is 0 Å². The van der Waals surface area contributed by atoms with E-state index in [4.69, 9.17) is 0 Å². The molecule has 0 radical (unpaired) electrons. The average Bonchev–Trinajstić information content (AvgIpc) is 2.87. The zero-order valence-corrected chi connectivity index (χ0v) is 12.3. The van der Waals surface area contributed by atoms with Gasteiger partial charge in [0.1, 0.15) is 12.2 Å². The third-order valence-corrected chi connectivity index (χ3v) is 3.91. The molecule has 0 saturated carbocycles. The maximum atomic E-state index is 4.39. The van der Waals surface area contributed by atoms with Crippen molar-refractivity contribution in [2.45, 2.75) is 52.1 Å². The fourth-order valence-electron chi connectivity index (χ4n) is 2.82. The number of nitrogens with zero attached hydrogens (tertiary/aromatic N) is 3. The molecule has 1 aromatic carbocycles. The maximum Gasteiger partial charge on any atom is 0.138 e. The van der Waals surface area contributed by atoms with Crippen LogP contribution in [-0.4, -0.2) is 20.8 Å². The quantitative estimate of drug-likeness (QED) is 0.928. The molecule has 0 aliphatic carbocycles. The van der Waals surface area contributed by atoms with E-state index in [0.29, 0.717) is 6.04 Å². The smallest absolute Gasteiger partial charge is 0.138 e. The van der Waals surface area contributed by atoms with Crippen molar-refractivity contribution in [3.05, 3.63) is 41.5 Å². The van der Waals surface area contributed by atoms with Gasteiger partial charge in [0.25, 0.3) is 0 Å². The number of nitrogens with one attached hydrogen (secondary N) is 1. The molecular formula is C16H22N4. The van der Waals surface area contributed by atoms with Gasteiger partial charge < -0.3 is 5.32 Å². The summed E-state index contributed by atoms with van der Waals surface area (Å²) in [5, 5.41) is 7.84. The summed E-state index contributed by atoms with van der Waals surface area (Å²) < 4.78 is 2.01. The lowest BCUT2D eigenvalue weighted by Crippen LogP contribution is -2.21. The van der Waals surface area contributed by atoms with Crippen LogP contribution in [0.25, 0.3) is 0 Å². The van der Waals surface area contributed by atoms with Crippen molar-refractivity contribution < 1.29 is 0 Å². The minimum Gasteiger partial charge on any atom is -0.382 e. The van der Waals surface area contributed by atoms with E-state index in [9.17, 15) is 0 Å². The molecule has 1 N–H and O–H groups in total. The summed E-state index contributed by atoms with van der Waals surface area (Å²) in [5.74, 6) is 1.06. The number of fused-ring (bicyclic) bond motifs is 1. The first-order valence-electron chi connectivity index (χ1n) is 7.51. The highest BCUT2D eigenvalue weighted by Gasteiger charge is 2.14. The van der Waals surface area contributed by atoms with Gasteiger partial charge in [-0.25, -0.2) is 9.67 Å². The Hall–Kier alpha value is -1.84. The second kappa shape index (κ2) is 5.65. The highest BCUT2D eigenvalue weighted by molar-refractivity contribution is 5.55. The van der Waals surface area contributed by atoms with Crippen LogP contribution in [0.15, 0.2) is 24.5 Å². The van der Waals surface area contributed by atoms with Crippen LogP contribution in [-0.2, 0) is 19.4 Å². The SMILES string of the molecule is CCCn1ncnc1Cc1ccc2c(c1)CCC(C)N2. The Bertz CT molecular complexity index is 588. The molecule has 106 valence electrons. The summed E-state index contributed by atoms with van der Waals surface area (Å²) in [4.78, 5) is 4.39. The van der Waals surface area contributed by atoms with Gasteiger partial charge in [0.15, 0.2) is 0 Å². The molecule has 1 aliphatic heterocycles. The number of benzene rings is 1. The van der Waals surface area contributed by atoms with Gasteiger partial charge in [0, 0.05) is 24.7 Å². The molecule has 2 heterocycles. The molecule has 1 atom stereocenters. The zero-order chi connectivity index (χ0) is 13.9. The molecule has 1 aliphatic rings. The number of aromatic nitrogens is 3. The molecule has 4 heteroatoms. The minimum atomic E-state index is 0.584. The van der Waals surface area contributed by atoms with Gasteiger partial charge in [0.05, 0.1) is 0 Å². The van der Waals surface area contributed by atoms with Crippen LogP contribution in [0.2, 0.25) is 0 Å². The Morgan fingerprint density at radius 2 is 2.30 bits per heavy atom. The van der Waals surface area contributed by atoms with E-state index in [1.54, 1.807) is 6.33 Å². The predicted octanol–water partition coefficient (Wildman–Crippen LogP) is 3.03. The minimum absolute atomic E-state index is 0.584. The second-order valence-corrected chi connectivity index (χ2v) is 5.65. The van der Waals surface area contributed by atoms with E-state index in [-0.39, 0.29) is 0 Å². The molecule has 2 aromatic rings. The van der Waals surface area contributed by atoms with Crippen LogP contribution in [0.3, 0.4) is 0 Å². The average molecular weight is 270 g/mol. The summed E-state index contributed by atoms with van der Waals surface area (Å²) in [6.07, 6.45) is 5.99. The first-order chi connectivity index (χ1) is 9.76. The van der Waals surface area contributed by atoms with E-state index in [0.717, 1.165) is 25.2 Å². The van der Waals surface area contributed by atoms with E-state index >= 15 is 0 Å². The van der Waals surface area contributed by atoms with E-state index in [1.165, 1.54) is 29.7 Å². The van der Waals surface area contributed by atoms with Crippen molar-refractivity contribution in [2.24, 2.45) is 0 Å². The Balaban J connectivity index is 1.79. The van der Waals surface area contributed by atoms with Crippen molar-refractivity contribution in [3.8, 4) is 0 Å². The molecular weight excluding hydrogens is 248 g/mol. The molecule has 20 heavy (non-hydrogen) atoms. The van der Waals surface area contributed by atoms with Crippen LogP contribution in [0.4, 0.5) is 5.69 Å². The summed E-state index contributed by atoms with van der Waals surface area (Å²) in [7, 11) is 0. The molecule has 0 amide bonds. The van der Waals surface area contributed by atoms with Crippen LogP contribution in [0.5, 0.6) is 0 Å². The fraction of sp³-hybridized carbons (Fsp3) is 0.500. The van der Waals surface area contributed by atoms with Gasteiger partial charge in [-0.2, -0.15) is 5.10 Å². The van der Waals surface area contributed by atoms with Gasteiger partial charge >= 0.3 is 0 Å². The Labute approximate surface area is 120 Å². The number of anilines is 1. The molecule has 0 spiro atoms. The first-order valence-corrected chi connectivity index (χ1v) is 7.51. The van der Waals surface area contributed by atoms with Gasteiger partial charge in [-0.15, -0.1) is 0 Å². The van der Waals surface area contributed by atoms with Crippen molar-refractivity contribution >= 4 is 5.69 Å². The highest BCUT2D eigenvalue weighted by atomic mass is 15.3. The number of aryl methyl sites for hydroxylation is 2. The molecule has 4 nitrogen and oxygen atoms in total. The van der Waals surface area contributed by atoms with Gasteiger partial charge in [-0.1, -0.05) is 19.1 Å². The topological polar surface area (TPSA) is 42.7 Å². The fourth-order valence-corrected chi connectivity index (χ4v) is 2.82. The van der Waals surface area contributed by atoms with Gasteiger partial charge in [0.2, 0.25) is 0 Å². The van der Waals surface area contributed by atoms with Crippen LogP contribution in [0.1, 0.15) is 43.6 Å². The Morgan fingerprint density at radius 3 is 3.15 bits per heavy atom. The molecule has 0 bridgehead atoms. The lowest BCUT2D eigenvalue weighted by molar-refractivity contribution is 0.575. The molecule has 0 saturated heterocycles. The second-order valence-electron chi connectivity index (χ2n) is 5.65. The third-order valence-electron chi connectivity index (χ3n) is 3.91. The molecule has 1 aromatic heterocycles. The van der Waals surface area contributed by atoms with E-state index < -0.39 is 0 Å². The van der Waals surface area contributed by atoms with Crippen LogP contribution in [0, 0.1) is 0 Å². The van der Waals surface area contributed by atoms with E-state index in [2.05, 4.69) is 47.4 Å². The highest BCUT2D eigenvalue weighted by Crippen LogP contribution is 2.26. The Morgan fingerprint density at radius 1 is 1.40 bits per heavy atom. The number of hydrogen-bond acceptors (Lipinski definition) is 3. The summed E-state index contributed by atoms with van der Waals surface area (Å²) in [6.45, 7) is 5.35. The zero-order valence-electron chi connectivity index (χ0n) is 12.3. The lowest BCUT2D eigenvalue weighted by atomic mass is 9.96. The van der Waals surface area contributed by atoms with Gasteiger partial charge in [-0.3, -0.25) is 0 Å². The predicted molar refractivity (Wildman–Crippen MR) is 81.0 cm³/mol. The largest absolute Gasteiger partial charge is 0.382 e. The van der Waals surface area contributed by atoms with E-state index in [1.807, 2.05) is 4.68 Å². The lowest BCUT2D eigenvalue weighted by Gasteiger charge is -2.24. The van der Waals surface area contributed by atoms with Crippen LogP contribution >= 0.6 is 0 Å².